The van der Waals surface area contributed by atoms with Crippen LogP contribution in [0.1, 0.15) is 25.3 Å². The van der Waals surface area contributed by atoms with E-state index >= 15 is 0 Å². The van der Waals surface area contributed by atoms with Gasteiger partial charge in [-0.2, -0.15) is 0 Å². The highest BCUT2D eigenvalue weighted by molar-refractivity contribution is 5.99. The zero-order valence-corrected chi connectivity index (χ0v) is 18.4. The molecular formula is C24H29N5O3. The summed E-state index contributed by atoms with van der Waals surface area (Å²) in [5, 5.41) is 9.72. The van der Waals surface area contributed by atoms with Crippen molar-refractivity contribution in [1.82, 2.24) is 20.6 Å². The molecule has 8 heteroatoms. The number of piperidine rings is 1. The number of rotatable bonds is 7. The average Bonchev–Trinajstić information content (AvgIpc) is 2.83. The summed E-state index contributed by atoms with van der Waals surface area (Å²) in [6, 6.07) is 13.0. The van der Waals surface area contributed by atoms with Gasteiger partial charge in [0.15, 0.2) is 11.5 Å². The number of carbonyl (C=O) groups excluding carboxylic acids is 1. The van der Waals surface area contributed by atoms with Gasteiger partial charge in [-0.15, -0.1) is 0 Å². The molecule has 2 aromatic carbocycles. The van der Waals surface area contributed by atoms with Crippen molar-refractivity contribution < 1.29 is 14.3 Å². The lowest BCUT2D eigenvalue weighted by molar-refractivity contribution is 0.124. The van der Waals surface area contributed by atoms with Gasteiger partial charge >= 0.3 is 6.03 Å². The minimum atomic E-state index is -0.340. The molecule has 0 saturated carbocycles. The number of aromatic nitrogens is 2. The fourth-order valence-corrected chi connectivity index (χ4v) is 3.96. The van der Waals surface area contributed by atoms with Gasteiger partial charge in [0.1, 0.15) is 12.1 Å². The van der Waals surface area contributed by atoms with Gasteiger partial charge in [-0.25, -0.2) is 14.8 Å². The van der Waals surface area contributed by atoms with Crippen LogP contribution in [-0.4, -0.2) is 42.3 Å². The first kappa shape index (κ1) is 21.8. The average molecular weight is 436 g/mol. The Balaban J connectivity index is 1.50. The highest BCUT2D eigenvalue weighted by atomic mass is 16.5. The number of nitrogens with zero attached hydrogens (tertiary/aromatic N) is 2. The molecule has 1 saturated heterocycles. The molecule has 2 heterocycles. The molecular weight excluding hydrogens is 406 g/mol. The van der Waals surface area contributed by atoms with Crippen LogP contribution in [0.4, 0.5) is 10.6 Å². The summed E-state index contributed by atoms with van der Waals surface area (Å²) in [5.74, 6) is 2.13. The van der Waals surface area contributed by atoms with Gasteiger partial charge in [0.25, 0.3) is 0 Å². The maximum atomic E-state index is 12.4. The van der Waals surface area contributed by atoms with E-state index in [1.807, 2.05) is 42.5 Å². The third kappa shape index (κ3) is 5.26. The number of hydrogen-bond acceptors (Lipinski definition) is 6. The number of hydrogen-bond donors (Lipinski definition) is 3. The number of urea groups is 1. The first-order valence-corrected chi connectivity index (χ1v) is 10.9. The number of benzene rings is 2. The summed E-state index contributed by atoms with van der Waals surface area (Å²) in [4.78, 5) is 21.1. The Morgan fingerprint density at radius 3 is 2.69 bits per heavy atom. The van der Waals surface area contributed by atoms with Gasteiger partial charge in [0.05, 0.1) is 18.7 Å². The second-order valence-corrected chi connectivity index (χ2v) is 7.95. The SMILES string of the molecule is COc1cc2c(NC(=O)NCc3ccccc3)ncnc2cc1OC(C)C1CCNCC1. The number of ether oxygens (including phenoxy) is 2. The number of fused-ring (bicyclic) bond motifs is 1. The normalized spacial score (nSPS) is 15.2. The number of anilines is 1. The van der Waals surface area contributed by atoms with Gasteiger partial charge in [-0.05, 0) is 50.4 Å². The molecule has 0 spiro atoms. The van der Waals surface area contributed by atoms with Crippen LogP contribution in [-0.2, 0) is 6.54 Å². The first-order chi connectivity index (χ1) is 15.6. The van der Waals surface area contributed by atoms with Gasteiger partial charge in [-0.3, -0.25) is 5.32 Å². The zero-order valence-electron chi connectivity index (χ0n) is 18.4. The fourth-order valence-electron chi connectivity index (χ4n) is 3.96. The molecule has 32 heavy (non-hydrogen) atoms. The third-order valence-electron chi connectivity index (χ3n) is 5.81. The van der Waals surface area contributed by atoms with E-state index in [1.165, 1.54) is 6.33 Å². The largest absolute Gasteiger partial charge is 0.493 e. The molecule has 1 atom stereocenters. The molecule has 1 aliphatic rings. The van der Waals surface area contributed by atoms with Crippen LogP contribution in [0.15, 0.2) is 48.8 Å². The van der Waals surface area contributed by atoms with Crippen molar-refractivity contribution in [2.75, 3.05) is 25.5 Å². The standard InChI is InChI=1S/C24H29N5O3/c1-16(18-8-10-25-11-9-18)32-22-13-20-19(12-21(22)31-2)23(28-15-27-20)29-24(30)26-14-17-6-4-3-5-7-17/h3-7,12-13,15-16,18,25H,8-11,14H2,1-2H3,(H2,26,27,28,29,30). The van der Waals surface area contributed by atoms with E-state index in [4.69, 9.17) is 9.47 Å². The quantitative estimate of drug-likeness (QED) is 0.523. The van der Waals surface area contributed by atoms with Crippen molar-refractivity contribution in [1.29, 1.82) is 0 Å². The molecule has 4 rings (SSSR count). The number of amides is 2. The van der Waals surface area contributed by atoms with Crippen LogP contribution >= 0.6 is 0 Å². The summed E-state index contributed by atoms with van der Waals surface area (Å²) in [6.45, 7) is 4.55. The van der Waals surface area contributed by atoms with Crippen LogP contribution < -0.4 is 25.4 Å². The molecule has 1 aliphatic heterocycles. The second-order valence-electron chi connectivity index (χ2n) is 7.95. The predicted molar refractivity (Wildman–Crippen MR) is 124 cm³/mol. The summed E-state index contributed by atoms with van der Waals surface area (Å²) >= 11 is 0. The first-order valence-electron chi connectivity index (χ1n) is 10.9. The van der Waals surface area contributed by atoms with Crippen molar-refractivity contribution in [2.24, 2.45) is 5.92 Å². The molecule has 3 N–H and O–H groups in total. The molecule has 0 radical (unpaired) electrons. The molecule has 168 valence electrons. The Morgan fingerprint density at radius 1 is 1.16 bits per heavy atom. The Hall–Kier alpha value is -3.39. The van der Waals surface area contributed by atoms with Gasteiger partial charge < -0.3 is 20.1 Å². The topological polar surface area (TPSA) is 97.4 Å². The van der Waals surface area contributed by atoms with Crippen molar-refractivity contribution in [3.63, 3.8) is 0 Å². The molecule has 1 unspecified atom stereocenters. The molecule has 1 fully saturated rings. The summed E-state index contributed by atoms with van der Waals surface area (Å²) in [6.07, 6.45) is 3.67. The number of methoxy groups -OCH3 is 1. The lowest BCUT2D eigenvalue weighted by Crippen LogP contribution is -2.35. The van der Waals surface area contributed by atoms with Crippen LogP contribution in [0.5, 0.6) is 11.5 Å². The maximum absolute atomic E-state index is 12.4. The molecule has 2 amide bonds. The number of nitrogens with one attached hydrogen (secondary N) is 3. The van der Waals surface area contributed by atoms with E-state index in [0.717, 1.165) is 31.5 Å². The highest BCUT2D eigenvalue weighted by Gasteiger charge is 2.23. The molecule has 0 aliphatic carbocycles. The van der Waals surface area contributed by atoms with Crippen molar-refractivity contribution in [3.8, 4) is 11.5 Å². The van der Waals surface area contributed by atoms with Gasteiger partial charge in [0.2, 0.25) is 0 Å². The lowest BCUT2D eigenvalue weighted by Gasteiger charge is -2.29. The number of carbonyl (C=O) groups is 1. The third-order valence-corrected chi connectivity index (χ3v) is 5.81. The van der Waals surface area contributed by atoms with Crippen molar-refractivity contribution >= 4 is 22.8 Å². The predicted octanol–water partition coefficient (Wildman–Crippen LogP) is 3.73. The van der Waals surface area contributed by atoms with Crippen LogP contribution in [0.3, 0.4) is 0 Å². The Bertz CT molecular complexity index is 1050. The summed E-state index contributed by atoms with van der Waals surface area (Å²) in [5.41, 5.74) is 1.69. The minimum Gasteiger partial charge on any atom is -0.493 e. The van der Waals surface area contributed by atoms with Gasteiger partial charge in [-0.1, -0.05) is 30.3 Å². The van der Waals surface area contributed by atoms with Crippen molar-refractivity contribution in [3.05, 3.63) is 54.4 Å². The highest BCUT2D eigenvalue weighted by Crippen LogP contribution is 2.35. The monoisotopic (exact) mass is 435 g/mol. The van der Waals surface area contributed by atoms with Crippen LogP contribution in [0.2, 0.25) is 0 Å². The van der Waals surface area contributed by atoms with Crippen molar-refractivity contribution in [2.45, 2.75) is 32.4 Å². The molecule has 1 aromatic heterocycles. The Kier molecular flexibility index (Phi) is 7.01. The Morgan fingerprint density at radius 2 is 1.94 bits per heavy atom. The van der Waals surface area contributed by atoms with E-state index in [-0.39, 0.29) is 12.1 Å². The van der Waals surface area contributed by atoms with E-state index < -0.39 is 0 Å². The molecule has 8 nitrogen and oxygen atoms in total. The van der Waals surface area contributed by atoms with E-state index in [0.29, 0.717) is 40.7 Å². The summed E-state index contributed by atoms with van der Waals surface area (Å²) < 4.78 is 11.9. The fraction of sp³-hybridized carbons (Fsp3) is 0.375. The summed E-state index contributed by atoms with van der Waals surface area (Å²) in [7, 11) is 1.60. The molecule has 0 bridgehead atoms. The van der Waals surface area contributed by atoms with E-state index in [2.05, 4.69) is 32.8 Å². The lowest BCUT2D eigenvalue weighted by atomic mass is 9.93. The van der Waals surface area contributed by atoms with E-state index in [1.54, 1.807) is 7.11 Å². The smallest absolute Gasteiger partial charge is 0.320 e. The van der Waals surface area contributed by atoms with E-state index in [9.17, 15) is 4.79 Å². The van der Waals surface area contributed by atoms with Crippen LogP contribution in [0.25, 0.3) is 10.9 Å². The van der Waals surface area contributed by atoms with Crippen LogP contribution in [0, 0.1) is 5.92 Å². The minimum absolute atomic E-state index is 0.0617. The van der Waals surface area contributed by atoms with Gasteiger partial charge in [0, 0.05) is 18.0 Å². The molecule has 3 aromatic rings. The zero-order chi connectivity index (χ0) is 22.3. The Labute approximate surface area is 187 Å². The maximum Gasteiger partial charge on any atom is 0.320 e. The second kappa shape index (κ2) is 10.3.